The molecule has 0 aliphatic carbocycles. The van der Waals surface area contributed by atoms with E-state index in [2.05, 4.69) is 5.92 Å². The Morgan fingerprint density at radius 2 is 2.18 bits per heavy atom. The van der Waals surface area contributed by atoms with E-state index in [9.17, 15) is 9.59 Å². The molecule has 1 aliphatic heterocycles. The second-order valence-electron chi connectivity index (χ2n) is 3.45. The molecule has 1 aromatic rings. The molecule has 0 aromatic heterocycles. The smallest absolute Gasteiger partial charge is 0.330 e. The molecule has 1 unspecified atom stereocenters. The van der Waals surface area contributed by atoms with Crippen molar-refractivity contribution in [2.45, 2.75) is 0 Å². The fourth-order valence-electron chi connectivity index (χ4n) is 1.73. The molecule has 2 rings (SSSR count). The maximum Gasteiger partial charge on any atom is 0.330 e. The molecule has 4 heteroatoms. The topological polar surface area (TPSA) is 63.6 Å². The van der Waals surface area contributed by atoms with Crippen LogP contribution in [0.5, 0.6) is 5.75 Å². The van der Waals surface area contributed by atoms with Crippen LogP contribution in [0.25, 0.3) is 5.57 Å². The minimum absolute atomic E-state index is 0.284. The molecule has 1 atom stereocenters. The molecule has 0 spiro atoms. The van der Waals surface area contributed by atoms with E-state index in [1.807, 2.05) is 0 Å². The number of carbonyl (C=O) groups is 2. The molecule has 1 aromatic carbocycles. The zero-order valence-electron chi connectivity index (χ0n) is 8.71. The number of rotatable bonds is 1. The second-order valence-corrected chi connectivity index (χ2v) is 3.45. The minimum atomic E-state index is -1.36. The maximum absolute atomic E-state index is 11.6. The van der Waals surface area contributed by atoms with Crippen LogP contribution in [0.15, 0.2) is 30.3 Å². The average molecular weight is 228 g/mol. The van der Waals surface area contributed by atoms with Crippen LogP contribution in [0.1, 0.15) is 5.56 Å². The van der Waals surface area contributed by atoms with Gasteiger partial charge in [-0.25, -0.2) is 0 Å². The van der Waals surface area contributed by atoms with Crippen LogP contribution < -0.4 is 4.74 Å². The Morgan fingerprint density at radius 3 is 2.82 bits per heavy atom. The van der Waals surface area contributed by atoms with Gasteiger partial charge in [-0.2, -0.15) is 0 Å². The van der Waals surface area contributed by atoms with Gasteiger partial charge in [0.2, 0.25) is 0 Å². The molecular weight excluding hydrogens is 220 g/mol. The molecule has 4 nitrogen and oxygen atoms in total. The zero-order valence-corrected chi connectivity index (χ0v) is 8.71. The van der Waals surface area contributed by atoms with E-state index in [1.54, 1.807) is 24.3 Å². The third kappa shape index (κ3) is 1.79. The Morgan fingerprint density at radius 1 is 1.47 bits per heavy atom. The first-order chi connectivity index (χ1) is 8.15. The molecule has 0 radical (unpaired) electrons. The van der Waals surface area contributed by atoms with Crippen LogP contribution in [0.4, 0.5) is 0 Å². The van der Waals surface area contributed by atoms with Crippen LogP contribution in [0.2, 0.25) is 0 Å². The van der Waals surface area contributed by atoms with Gasteiger partial charge in [-0.05, 0) is 17.7 Å². The highest BCUT2D eigenvalue weighted by Crippen LogP contribution is 2.36. The van der Waals surface area contributed by atoms with Crippen molar-refractivity contribution in [3.05, 3.63) is 35.9 Å². The van der Waals surface area contributed by atoms with E-state index in [1.165, 1.54) is 6.08 Å². The van der Waals surface area contributed by atoms with Crippen LogP contribution in [-0.4, -0.2) is 17.0 Å². The number of carbonyl (C=O) groups excluding carboxylic acids is 1. The number of terminal acetylenes is 1. The molecule has 0 fully saturated rings. The Hall–Kier alpha value is -2.54. The third-order valence-corrected chi connectivity index (χ3v) is 2.44. The lowest BCUT2D eigenvalue weighted by atomic mass is 9.89. The van der Waals surface area contributed by atoms with Gasteiger partial charge < -0.3 is 9.84 Å². The van der Waals surface area contributed by atoms with E-state index in [4.69, 9.17) is 16.3 Å². The summed E-state index contributed by atoms with van der Waals surface area (Å²) in [5.74, 6) is -0.873. The first-order valence-corrected chi connectivity index (χ1v) is 4.85. The quantitative estimate of drug-likeness (QED) is 0.341. The SMILES string of the molecule is C#CC=C1c2ccccc2OC(=O)C1C(=O)O. The predicted molar refractivity (Wildman–Crippen MR) is 60.0 cm³/mol. The molecule has 1 N–H and O–H groups in total. The van der Waals surface area contributed by atoms with Gasteiger partial charge in [0.1, 0.15) is 5.75 Å². The van der Waals surface area contributed by atoms with E-state index < -0.39 is 17.9 Å². The van der Waals surface area contributed by atoms with Crippen molar-refractivity contribution in [1.82, 2.24) is 0 Å². The van der Waals surface area contributed by atoms with E-state index >= 15 is 0 Å². The number of ether oxygens (including phenoxy) is 1. The summed E-state index contributed by atoms with van der Waals surface area (Å²) in [6, 6.07) is 6.68. The minimum Gasteiger partial charge on any atom is -0.480 e. The summed E-state index contributed by atoms with van der Waals surface area (Å²) in [6.07, 6.45) is 6.44. The first-order valence-electron chi connectivity index (χ1n) is 4.85. The highest BCUT2D eigenvalue weighted by atomic mass is 16.5. The molecule has 0 amide bonds. The van der Waals surface area contributed by atoms with Gasteiger partial charge in [-0.1, -0.05) is 24.1 Å². The number of carboxylic acid groups (broad SMARTS) is 1. The van der Waals surface area contributed by atoms with Crippen molar-refractivity contribution in [3.8, 4) is 18.1 Å². The molecule has 0 bridgehead atoms. The number of fused-ring (bicyclic) bond motifs is 1. The number of carboxylic acids is 1. The molecule has 1 aliphatic rings. The maximum atomic E-state index is 11.6. The van der Waals surface area contributed by atoms with Gasteiger partial charge in [-0.15, -0.1) is 6.42 Å². The number of para-hydroxylation sites is 1. The summed E-state index contributed by atoms with van der Waals surface area (Å²) in [5, 5.41) is 9.02. The molecule has 0 saturated carbocycles. The van der Waals surface area contributed by atoms with Crippen molar-refractivity contribution in [2.75, 3.05) is 0 Å². The van der Waals surface area contributed by atoms with Gasteiger partial charge in [0, 0.05) is 5.56 Å². The summed E-state index contributed by atoms with van der Waals surface area (Å²) in [6.45, 7) is 0. The normalized spacial score (nSPS) is 20.3. The Balaban J connectivity index is 2.64. The molecule has 84 valence electrons. The van der Waals surface area contributed by atoms with Crippen LogP contribution in [0, 0.1) is 18.3 Å². The van der Waals surface area contributed by atoms with Gasteiger partial charge >= 0.3 is 11.9 Å². The third-order valence-electron chi connectivity index (χ3n) is 2.44. The lowest BCUT2D eigenvalue weighted by Crippen LogP contribution is -2.32. The Labute approximate surface area is 97.5 Å². The average Bonchev–Trinajstić information content (AvgIpc) is 2.28. The summed E-state index contributed by atoms with van der Waals surface area (Å²) >= 11 is 0. The summed E-state index contributed by atoms with van der Waals surface area (Å²) in [5.41, 5.74) is 0.823. The second kappa shape index (κ2) is 4.14. The first kappa shape index (κ1) is 11.0. The van der Waals surface area contributed by atoms with Gasteiger partial charge in [0.25, 0.3) is 0 Å². The summed E-state index contributed by atoms with van der Waals surface area (Å²) < 4.78 is 4.95. The van der Waals surface area contributed by atoms with Crippen LogP contribution in [0.3, 0.4) is 0 Å². The van der Waals surface area contributed by atoms with Gasteiger partial charge in [0.05, 0.1) is 0 Å². The monoisotopic (exact) mass is 228 g/mol. The van der Waals surface area contributed by atoms with Gasteiger partial charge in [-0.3, -0.25) is 9.59 Å². The van der Waals surface area contributed by atoms with Gasteiger partial charge in [0.15, 0.2) is 5.92 Å². The number of allylic oxidation sites excluding steroid dienone is 1. The highest BCUT2D eigenvalue weighted by molar-refractivity contribution is 6.09. The fourth-order valence-corrected chi connectivity index (χ4v) is 1.73. The highest BCUT2D eigenvalue weighted by Gasteiger charge is 2.38. The Bertz CT molecular complexity index is 563. The lowest BCUT2D eigenvalue weighted by Gasteiger charge is -2.23. The fraction of sp³-hybridized carbons (Fsp3) is 0.0769. The summed E-state index contributed by atoms with van der Waals surface area (Å²) in [7, 11) is 0. The molecule has 1 heterocycles. The van der Waals surface area contributed by atoms with E-state index in [0.29, 0.717) is 11.3 Å². The number of hydrogen-bond donors (Lipinski definition) is 1. The number of aliphatic carboxylic acids is 1. The number of hydrogen-bond acceptors (Lipinski definition) is 3. The standard InChI is InChI=1S/C13H8O4/c1-2-5-9-8-6-3-4-7-10(8)17-13(16)11(9)12(14)15/h1,3-7,11H,(H,14,15). The van der Waals surface area contributed by atoms with Crippen molar-refractivity contribution < 1.29 is 19.4 Å². The summed E-state index contributed by atoms with van der Waals surface area (Å²) in [4.78, 5) is 22.6. The molecule has 17 heavy (non-hydrogen) atoms. The van der Waals surface area contributed by atoms with Crippen molar-refractivity contribution >= 4 is 17.5 Å². The van der Waals surface area contributed by atoms with Crippen LogP contribution in [-0.2, 0) is 9.59 Å². The van der Waals surface area contributed by atoms with Crippen LogP contribution >= 0.6 is 0 Å². The number of benzene rings is 1. The van der Waals surface area contributed by atoms with E-state index in [-0.39, 0.29) is 5.57 Å². The van der Waals surface area contributed by atoms with E-state index in [0.717, 1.165) is 0 Å². The molecular formula is C13H8O4. The lowest BCUT2D eigenvalue weighted by molar-refractivity contribution is -0.150. The Kier molecular flexibility index (Phi) is 2.67. The van der Waals surface area contributed by atoms with Crippen molar-refractivity contribution in [2.24, 2.45) is 5.92 Å². The van der Waals surface area contributed by atoms with Crippen molar-refractivity contribution in [1.29, 1.82) is 0 Å². The molecule has 0 saturated heterocycles. The predicted octanol–water partition coefficient (Wildman–Crippen LogP) is 1.32. The zero-order chi connectivity index (χ0) is 12.4. The van der Waals surface area contributed by atoms with Crippen molar-refractivity contribution in [3.63, 3.8) is 0 Å². The largest absolute Gasteiger partial charge is 0.480 e. The number of esters is 1.